The maximum absolute atomic E-state index is 12.7. The smallest absolute Gasteiger partial charge is 0.341 e. The first kappa shape index (κ1) is 19.5. The number of thioether (sulfide) groups is 1. The second-order valence-electron chi connectivity index (χ2n) is 5.41. The van der Waals surface area contributed by atoms with Crippen molar-refractivity contribution in [2.75, 3.05) is 6.61 Å². The lowest BCUT2D eigenvalue weighted by molar-refractivity contribution is -0.139. The Labute approximate surface area is 169 Å². The van der Waals surface area contributed by atoms with Crippen LogP contribution in [0, 0.1) is 0 Å². The van der Waals surface area contributed by atoms with Gasteiger partial charge in [0.25, 0.3) is 11.8 Å². The van der Waals surface area contributed by atoms with E-state index in [1.54, 1.807) is 24.3 Å². The van der Waals surface area contributed by atoms with Gasteiger partial charge in [-0.25, -0.2) is 4.79 Å². The molecule has 1 aliphatic heterocycles. The highest BCUT2D eigenvalue weighted by atomic mass is 32.2. The van der Waals surface area contributed by atoms with Crippen molar-refractivity contribution in [1.29, 1.82) is 0 Å². The number of nitrogens with zero attached hydrogens (tertiary/aromatic N) is 2. The van der Waals surface area contributed by atoms with Crippen molar-refractivity contribution in [1.82, 2.24) is 15.4 Å². The minimum absolute atomic E-state index is 0.169. The predicted molar refractivity (Wildman–Crippen MR) is 106 cm³/mol. The number of ether oxygens (including phenoxy) is 1. The standard InChI is InChI=1S/C18H13N3O5S2/c22-15(23)10-26-13-4-2-1-3-12(13)9-14-17(25)21(18(27)28-14)20-16(24)11-5-7-19-8-6-11/h1-9H,10H2,(H,20,24)(H,22,23)/b14-9+. The molecule has 0 saturated carbocycles. The number of nitrogens with one attached hydrogen (secondary N) is 1. The normalized spacial score (nSPS) is 15.0. The summed E-state index contributed by atoms with van der Waals surface area (Å²) in [5.41, 5.74) is 3.32. The number of hydrogen-bond donors (Lipinski definition) is 2. The molecule has 0 spiro atoms. The van der Waals surface area contributed by atoms with E-state index in [4.69, 9.17) is 22.1 Å². The molecule has 3 rings (SSSR count). The van der Waals surface area contributed by atoms with Gasteiger partial charge in [0, 0.05) is 23.5 Å². The van der Waals surface area contributed by atoms with Crippen LogP contribution in [0.25, 0.3) is 6.08 Å². The molecule has 28 heavy (non-hydrogen) atoms. The molecule has 1 aromatic carbocycles. The first-order chi connectivity index (χ1) is 13.5. The van der Waals surface area contributed by atoms with E-state index in [1.165, 1.54) is 30.6 Å². The highest BCUT2D eigenvalue weighted by Gasteiger charge is 2.34. The number of hydrazine groups is 1. The van der Waals surface area contributed by atoms with Gasteiger partial charge >= 0.3 is 5.97 Å². The van der Waals surface area contributed by atoms with Crippen LogP contribution >= 0.6 is 24.0 Å². The quantitative estimate of drug-likeness (QED) is 0.545. The second-order valence-corrected chi connectivity index (χ2v) is 7.09. The van der Waals surface area contributed by atoms with Crippen LogP contribution in [-0.4, -0.2) is 43.8 Å². The lowest BCUT2D eigenvalue weighted by atomic mass is 10.2. The van der Waals surface area contributed by atoms with Gasteiger partial charge < -0.3 is 9.84 Å². The van der Waals surface area contributed by atoms with Crippen molar-refractivity contribution in [2.45, 2.75) is 0 Å². The molecule has 1 fully saturated rings. The fourth-order valence-electron chi connectivity index (χ4n) is 2.25. The molecule has 1 saturated heterocycles. The number of carbonyl (C=O) groups excluding carboxylic acids is 2. The Morgan fingerprint density at radius 2 is 1.96 bits per heavy atom. The van der Waals surface area contributed by atoms with Gasteiger partial charge in [0.2, 0.25) is 0 Å². The van der Waals surface area contributed by atoms with E-state index in [9.17, 15) is 14.4 Å². The number of amides is 2. The Bertz CT molecular complexity index is 978. The van der Waals surface area contributed by atoms with Gasteiger partial charge in [-0.2, -0.15) is 5.01 Å². The zero-order valence-corrected chi connectivity index (χ0v) is 15.8. The molecule has 142 valence electrons. The van der Waals surface area contributed by atoms with Gasteiger partial charge in [-0.15, -0.1) is 0 Å². The first-order valence-corrected chi connectivity index (χ1v) is 9.11. The summed E-state index contributed by atoms with van der Waals surface area (Å²) in [7, 11) is 0. The van der Waals surface area contributed by atoms with Crippen LogP contribution in [0.2, 0.25) is 0 Å². The molecule has 8 nitrogen and oxygen atoms in total. The maximum Gasteiger partial charge on any atom is 0.341 e. The van der Waals surface area contributed by atoms with E-state index in [2.05, 4.69) is 10.4 Å². The highest BCUT2D eigenvalue weighted by molar-refractivity contribution is 8.26. The van der Waals surface area contributed by atoms with Gasteiger partial charge in [-0.05, 0) is 36.5 Å². The summed E-state index contributed by atoms with van der Waals surface area (Å²) < 4.78 is 5.40. The number of aliphatic carboxylic acids is 1. The number of thiocarbonyl (C=S) groups is 1. The number of para-hydroxylation sites is 1. The Kier molecular flexibility index (Phi) is 6.02. The number of pyridine rings is 1. The average molecular weight is 415 g/mol. The van der Waals surface area contributed by atoms with Gasteiger partial charge in [-0.1, -0.05) is 30.0 Å². The lowest BCUT2D eigenvalue weighted by Crippen LogP contribution is -2.44. The van der Waals surface area contributed by atoms with Gasteiger partial charge in [0.15, 0.2) is 10.9 Å². The van der Waals surface area contributed by atoms with Gasteiger partial charge in [0.05, 0.1) is 4.91 Å². The Morgan fingerprint density at radius 3 is 2.68 bits per heavy atom. The predicted octanol–water partition coefficient (Wildman–Crippen LogP) is 2.09. The SMILES string of the molecule is O=C(O)COc1ccccc1/C=C1/SC(=S)N(NC(=O)c2ccncc2)C1=O. The number of carboxylic acid groups (broad SMARTS) is 1. The molecule has 2 N–H and O–H groups in total. The fourth-order valence-corrected chi connectivity index (χ4v) is 3.42. The molecular weight excluding hydrogens is 402 g/mol. The molecule has 0 bridgehead atoms. The molecule has 2 amide bonds. The van der Waals surface area contributed by atoms with Crippen molar-refractivity contribution in [2.24, 2.45) is 0 Å². The van der Waals surface area contributed by atoms with Crippen LogP contribution in [0.3, 0.4) is 0 Å². The van der Waals surface area contributed by atoms with E-state index in [0.717, 1.165) is 16.8 Å². The summed E-state index contributed by atoms with van der Waals surface area (Å²) in [6.07, 6.45) is 4.47. The Hall–Kier alpha value is -3.24. The number of hydrogen-bond acceptors (Lipinski definition) is 7. The molecule has 0 unspecified atom stereocenters. The van der Waals surface area contributed by atoms with E-state index in [-0.39, 0.29) is 9.23 Å². The average Bonchev–Trinajstić information content (AvgIpc) is 2.95. The molecule has 1 aromatic heterocycles. The fraction of sp³-hybridized carbons (Fsp3) is 0.0556. The molecule has 2 aromatic rings. The Balaban J connectivity index is 1.78. The molecule has 0 atom stereocenters. The number of aromatic nitrogens is 1. The van der Waals surface area contributed by atoms with Crippen molar-refractivity contribution in [3.63, 3.8) is 0 Å². The summed E-state index contributed by atoms with van der Waals surface area (Å²) >= 11 is 6.21. The van der Waals surface area contributed by atoms with E-state index < -0.39 is 24.4 Å². The van der Waals surface area contributed by atoms with Crippen molar-refractivity contribution in [3.8, 4) is 5.75 Å². The number of benzene rings is 1. The van der Waals surface area contributed by atoms with Crippen molar-refractivity contribution in [3.05, 3.63) is 64.8 Å². The maximum atomic E-state index is 12.7. The second kappa shape index (κ2) is 8.63. The summed E-state index contributed by atoms with van der Waals surface area (Å²) in [6.45, 7) is -0.506. The monoisotopic (exact) mass is 415 g/mol. The minimum atomic E-state index is -1.11. The van der Waals surface area contributed by atoms with Crippen LogP contribution in [0.5, 0.6) is 5.75 Å². The van der Waals surface area contributed by atoms with Gasteiger partial charge in [-0.3, -0.25) is 20.0 Å². The molecule has 0 radical (unpaired) electrons. The summed E-state index contributed by atoms with van der Waals surface area (Å²) in [5.74, 6) is -1.79. The van der Waals surface area contributed by atoms with Crippen molar-refractivity contribution >= 4 is 52.2 Å². The van der Waals surface area contributed by atoms with E-state index >= 15 is 0 Å². The van der Waals surface area contributed by atoms with E-state index in [0.29, 0.717) is 16.9 Å². The molecule has 1 aliphatic rings. The lowest BCUT2D eigenvalue weighted by Gasteiger charge is -2.15. The summed E-state index contributed by atoms with van der Waals surface area (Å²) in [5, 5.41) is 9.77. The third-order valence-corrected chi connectivity index (χ3v) is 4.81. The van der Waals surface area contributed by atoms with Crippen LogP contribution in [0.15, 0.2) is 53.7 Å². The topological polar surface area (TPSA) is 109 Å². The first-order valence-electron chi connectivity index (χ1n) is 7.88. The summed E-state index contributed by atoms with van der Waals surface area (Å²) in [6, 6.07) is 9.72. The van der Waals surface area contributed by atoms with Crippen LogP contribution in [0.4, 0.5) is 0 Å². The molecular formula is C18H13N3O5S2. The Morgan fingerprint density at radius 1 is 1.25 bits per heavy atom. The number of carbonyl (C=O) groups is 3. The molecule has 0 aliphatic carbocycles. The zero-order valence-electron chi connectivity index (χ0n) is 14.2. The highest BCUT2D eigenvalue weighted by Crippen LogP contribution is 2.33. The summed E-state index contributed by atoms with van der Waals surface area (Å²) in [4.78, 5) is 39.7. The van der Waals surface area contributed by atoms with Gasteiger partial charge in [0.1, 0.15) is 5.75 Å². The third-order valence-electron chi connectivity index (χ3n) is 3.51. The molecule has 10 heteroatoms. The number of carboxylic acids is 1. The zero-order chi connectivity index (χ0) is 20.1. The van der Waals surface area contributed by atoms with Crippen LogP contribution in [0.1, 0.15) is 15.9 Å². The largest absolute Gasteiger partial charge is 0.481 e. The van der Waals surface area contributed by atoms with Crippen LogP contribution < -0.4 is 10.2 Å². The van der Waals surface area contributed by atoms with Crippen LogP contribution in [-0.2, 0) is 9.59 Å². The van der Waals surface area contributed by atoms with E-state index in [1.807, 2.05) is 0 Å². The third kappa shape index (κ3) is 4.53. The minimum Gasteiger partial charge on any atom is -0.481 e. The van der Waals surface area contributed by atoms with Crippen molar-refractivity contribution < 1.29 is 24.2 Å². The molecule has 2 heterocycles. The number of rotatable bonds is 6.